The van der Waals surface area contributed by atoms with Crippen molar-refractivity contribution in [1.29, 1.82) is 0 Å². The van der Waals surface area contributed by atoms with Gasteiger partial charge in [-0.3, -0.25) is 9.59 Å². The fourth-order valence-corrected chi connectivity index (χ4v) is 3.05. The highest BCUT2D eigenvalue weighted by Gasteiger charge is 2.03. The first-order valence-corrected chi connectivity index (χ1v) is 9.23. The van der Waals surface area contributed by atoms with E-state index in [4.69, 9.17) is 5.73 Å². The smallest absolute Gasteiger partial charge is 0.248 e. The van der Waals surface area contributed by atoms with Crippen LogP contribution < -0.4 is 11.1 Å². The lowest BCUT2D eigenvalue weighted by molar-refractivity contribution is -0.120. The molecule has 0 atom stereocenters. The Labute approximate surface area is 158 Å². The van der Waals surface area contributed by atoms with E-state index >= 15 is 0 Å². The fourth-order valence-electron chi connectivity index (χ4n) is 2.21. The van der Waals surface area contributed by atoms with Gasteiger partial charge < -0.3 is 11.1 Å². The van der Waals surface area contributed by atoms with Crippen molar-refractivity contribution in [2.75, 3.05) is 6.54 Å². The molecule has 0 aliphatic carbocycles. The minimum Gasteiger partial charge on any atom is -0.366 e. The molecule has 4 nitrogen and oxygen atoms in total. The molecule has 2 rings (SSSR count). The summed E-state index contributed by atoms with van der Waals surface area (Å²) in [7, 11) is 0. The molecule has 0 radical (unpaired) electrons. The topological polar surface area (TPSA) is 72.2 Å². The number of amides is 2. The minimum absolute atomic E-state index is 0.0624. The van der Waals surface area contributed by atoms with Crippen molar-refractivity contribution < 1.29 is 9.59 Å². The second-order valence-corrected chi connectivity index (χ2v) is 7.66. The number of carbonyl (C=O) groups excluding carboxylic acids is 2. The van der Waals surface area contributed by atoms with Gasteiger partial charge in [-0.2, -0.15) is 0 Å². The van der Waals surface area contributed by atoms with Crippen molar-refractivity contribution in [3.8, 4) is 11.8 Å². The molecule has 26 heavy (non-hydrogen) atoms. The van der Waals surface area contributed by atoms with Crippen molar-refractivity contribution in [3.63, 3.8) is 0 Å². The van der Waals surface area contributed by atoms with E-state index in [1.54, 1.807) is 36.0 Å². The van der Waals surface area contributed by atoms with Gasteiger partial charge in [0.05, 0.1) is 13.0 Å². The highest BCUT2D eigenvalue weighted by molar-refractivity contribution is 7.99. The molecule has 0 saturated heterocycles. The summed E-state index contributed by atoms with van der Waals surface area (Å²) < 4.78 is 0. The third-order valence-corrected chi connectivity index (χ3v) is 4.45. The summed E-state index contributed by atoms with van der Waals surface area (Å²) >= 11 is 1.80. The first-order valence-electron chi connectivity index (χ1n) is 8.35. The van der Waals surface area contributed by atoms with Crippen LogP contribution in [-0.2, 0) is 11.2 Å². The third kappa shape index (κ3) is 6.66. The van der Waals surface area contributed by atoms with Gasteiger partial charge >= 0.3 is 0 Å². The van der Waals surface area contributed by atoms with Crippen LogP contribution in [0.5, 0.6) is 0 Å². The number of nitrogens with two attached hydrogens (primary N) is 1. The number of carbonyl (C=O) groups is 2. The first-order chi connectivity index (χ1) is 12.4. The van der Waals surface area contributed by atoms with Gasteiger partial charge in [0.25, 0.3) is 0 Å². The van der Waals surface area contributed by atoms with Crippen LogP contribution in [0.25, 0.3) is 0 Å². The molecular formula is C21H22N2O2S. The van der Waals surface area contributed by atoms with Gasteiger partial charge in [-0.1, -0.05) is 37.8 Å². The normalized spacial score (nSPS) is 10.1. The molecule has 2 aromatic rings. The Hall–Kier alpha value is -2.71. The van der Waals surface area contributed by atoms with Gasteiger partial charge in [0, 0.05) is 21.3 Å². The largest absolute Gasteiger partial charge is 0.366 e. The van der Waals surface area contributed by atoms with Crippen molar-refractivity contribution in [2.45, 2.75) is 30.4 Å². The zero-order chi connectivity index (χ0) is 18.9. The summed E-state index contributed by atoms with van der Waals surface area (Å²) in [5.41, 5.74) is 7.38. The van der Waals surface area contributed by atoms with E-state index in [0.717, 1.165) is 11.1 Å². The average molecular weight is 366 g/mol. The lowest BCUT2D eigenvalue weighted by Crippen LogP contribution is -2.25. The molecule has 2 aromatic carbocycles. The number of rotatable bonds is 6. The Balaban J connectivity index is 1.79. The lowest BCUT2D eigenvalue weighted by Gasteiger charge is -2.06. The maximum atomic E-state index is 12.0. The van der Waals surface area contributed by atoms with Crippen molar-refractivity contribution in [3.05, 3.63) is 65.2 Å². The molecule has 0 heterocycles. The van der Waals surface area contributed by atoms with E-state index in [9.17, 15) is 9.59 Å². The second-order valence-electron chi connectivity index (χ2n) is 6.01. The zero-order valence-electron chi connectivity index (χ0n) is 14.9. The van der Waals surface area contributed by atoms with E-state index < -0.39 is 5.91 Å². The molecule has 0 aliphatic heterocycles. The molecule has 0 unspecified atom stereocenters. The summed E-state index contributed by atoms with van der Waals surface area (Å²) in [5.74, 6) is 5.30. The number of hydrogen-bond donors (Lipinski definition) is 2. The summed E-state index contributed by atoms with van der Waals surface area (Å²) in [6, 6.07) is 14.8. The molecule has 134 valence electrons. The van der Waals surface area contributed by atoms with Gasteiger partial charge in [0.15, 0.2) is 0 Å². The Morgan fingerprint density at radius 3 is 2.31 bits per heavy atom. The Bertz CT molecular complexity index is 816. The highest BCUT2D eigenvalue weighted by Crippen LogP contribution is 2.22. The van der Waals surface area contributed by atoms with E-state index in [2.05, 4.69) is 31.0 Å². The van der Waals surface area contributed by atoms with Crippen molar-refractivity contribution in [1.82, 2.24) is 5.32 Å². The molecule has 0 saturated carbocycles. The highest BCUT2D eigenvalue weighted by atomic mass is 32.2. The third-order valence-electron chi connectivity index (χ3n) is 3.44. The second kappa shape index (κ2) is 9.69. The molecular weight excluding hydrogens is 344 g/mol. The van der Waals surface area contributed by atoms with Crippen LogP contribution in [0.15, 0.2) is 53.4 Å². The van der Waals surface area contributed by atoms with E-state index in [1.165, 1.54) is 4.90 Å². The maximum absolute atomic E-state index is 12.0. The molecule has 0 fully saturated rings. The van der Waals surface area contributed by atoms with Crippen molar-refractivity contribution in [2.24, 2.45) is 5.73 Å². The molecule has 5 heteroatoms. The van der Waals surface area contributed by atoms with Crippen molar-refractivity contribution >= 4 is 23.6 Å². The monoisotopic (exact) mass is 366 g/mol. The molecule has 0 bridgehead atoms. The summed E-state index contributed by atoms with van der Waals surface area (Å²) in [6.07, 6.45) is 0.335. The minimum atomic E-state index is -0.465. The predicted molar refractivity (Wildman–Crippen MR) is 106 cm³/mol. The van der Waals surface area contributed by atoms with Crippen LogP contribution in [0.1, 0.15) is 35.3 Å². The Morgan fingerprint density at radius 1 is 1.08 bits per heavy atom. The van der Waals surface area contributed by atoms with E-state index in [0.29, 0.717) is 17.2 Å². The van der Waals surface area contributed by atoms with Gasteiger partial charge in [-0.15, -0.1) is 11.8 Å². The SMILES string of the molecule is CC(C)Sc1ccc(CC(=O)NCC#Cc2ccc(C(N)=O)cc2)cc1. The fraction of sp³-hybridized carbons (Fsp3) is 0.238. The van der Waals surface area contributed by atoms with Crippen LogP contribution in [0.4, 0.5) is 0 Å². The van der Waals surface area contributed by atoms with Crippen LogP contribution in [0.3, 0.4) is 0 Å². The number of hydrogen-bond acceptors (Lipinski definition) is 3. The standard InChI is InChI=1S/C21H22N2O2S/c1-15(2)26-19-11-7-17(8-12-19)14-20(24)23-13-3-4-16-5-9-18(10-6-16)21(22)25/h5-12,15H,13-14H2,1-2H3,(H2,22,25)(H,23,24). The average Bonchev–Trinajstić information content (AvgIpc) is 2.60. The molecule has 3 N–H and O–H groups in total. The van der Waals surface area contributed by atoms with E-state index in [-0.39, 0.29) is 12.5 Å². The molecule has 2 amide bonds. The summed E-state index contributed by atoms with van der Waals surface area (Å²) in [5, 5.41) is 3.32. The quantitative estimate of drug-likeness (QED) is 0.610. The number of benzene rings is 2. The predicted octanol–water partition coefficient (Wildman–Crippen LogP) is 3.00. The van der Waals surface area contributed by atoms with Gasteiger partial charge in [-0.25, -0.2) is 0 Å². The van der Waals surface area contributed by atoms with Crippen LogP contribution in [0.2, 0.25) is 0 Å². The summed E-state index contributed by atoms with van der Waals surface area (Å²) in [4.78, 5) is 24.2. The van der Waals surface area contributed by atoms with Gasteiger partial charge in [0.1, 0.15) is 0 Å². The Kier molecular flexibility index (Phi) is 7.31. The first kappa shape index (κ1) is 19.6. The lowest BCUT2D eigenvalue weighted by atomic mass is 10.1. The van der Waals surface area contributed by atoms with Crippen LogP contribution in [0, 0.1) is 11.8 Å². The van der Waals surface area contributed by atoms with Crippen LogP contribution >= 0.6 is 11.8 Å². The van der Waals surface area contributed by atoms with E-state index in [1.807, 2.05) is 24.3 Å². The number of primary amides is 1. The Morgan fingerprint density at radius 2 is 1.73 bits per heavy atom. The van der Waals surface area contributed by atoms with Crippen LogP contribution in [-0.4, -0.2) is 23.6 Å². The number of thioether (sulfide) groups is 1. The molecule has 0 aromatic heterocycles. The van der Waals surface area contributed by atoms with Gasteiger partial charge in [0.2, 0.25) is 11.8 Å². The summed E-state index contributed by atoms with van der Waals surface area (Å²) in [6.45, 7) is 4.58. The molecule has 0 aliphatic rings. The zero-order valence-corrected chi connectivity index (χ0v) is 15.7. The molecule has 0 spiro atoms. The maximum Gasteiger partial charge on any atom is 0.248 e. The van der Waals surface area contributed by atoms with Gasteiger partial charge in [-0.05, 0) is 42.0 Å². The number of nitrogens with one attached hydrogen (secondary N) is 1.